The molecule has 9 heteroatoms. The molecule has 0 fully saturated rings. The van der Waals surface area contributed by atoms with Crippen molar-refractivity contribution in [2.24, 2.45) is 0 Å². The molecule has 0 aliphatic carbocycles. The summed E-state index contributed by atoms with van der Waals surface area (Å²) in [5.41, 5.74) is 1.02. The number of carbonyl (C=O) groups is 1. The Kier molecular flexibility index (Phi) is 4.79. The zero-order chi connectivity index (χ0) is 17.9. The van der Waals surface area contributed by atoms with Crippen LogP contribution >= 0.6 is 34.3 Å². The fourth-order valence-corrected chi connectivity index (χ4v) is 3.84. The third kappa shape index (κ3) is 3.67. The van der Waals surface area contributed by atoms with E-state index in [-0.39, 0.29) is 18.2 Å². The summed E-state index contributed by atoms with van der Waals surface area (Å²) in [6.07, 6.45) is 0. The van der Waals surface area contributed by atoms with Gasteiger partial charge in [0, 0.05) is 16.0 Å². The predicted octanol–water partition coefficient (Wildman–Crippen LogP) is 4.93. The molecule has 6 nitrogen and oxygen atoms in total. The molecule has 0 atom stereocenters. The fourth-order valence-electron chi connectivity index (χ4n) is 2.11. The van der Waals surface area contributed by atoms with Gasteiger partial charge in [-0.15, -0.1) is 22.7 Å². The van der Waals surface area contributed by atoms with Crippen LogP contribution in [0.3, 0.4) is 0 Å². The van der Waals surface area contributed by atoms with Crippen LogP contribution in [0.25, 0.3) is 21.3 Å². The van der Waals surface area contributed by atoms with Crippen molar-refractivity contribution in [1.82, 2.24) is 15.1 Å². The highest BCUT2D eigenvalue weighted by Gasteiger charge is 2.16. The molecule has 0 unspecified atom stereocenters. The van der Waals surface area contributed by atoms with Crippen molar-refractivity contribution in [2.45, 2.75) is 6.61 Å². The van der Waals surface area contributed by atoms with Crippen molar-refractivity contribution in [1.29, 1.82) is 0 Å². The van der Waals surface area contributed by atoms with Crippen molar-refractivity contribution < 1.29 is 14.1 Å². The largest absolute Gasteiger partial charge is 0.451 e. The van der Waals surface area contributed by atoms with E-state index in [0.717, 1.165) is 15.4 Å². The van der Waals surface area contributed by atoms with Gasteiger partial charge in [-0.3, -0.25) is 0 Å². The maximum absolute atomic E-state index is 12.1. The number of aromatic nitrogens is 3. The Morgan fingerprint density at radius 2 is 2.00 bits per heavy atom. The minimum Gasteiger partial charge on any atom is -0.451 e. The van der Waals surface area contributed by atoms with Crippen molar-refractivity contribution in [2.75, 3.05) is 0 Å². The lowest BCUT2D eigenvalue weighted by molar-refractivity contribution is 0.0424. The van der Waals surface area contributed by atoms with Crippen molar-refractivity contribution >= 4 is 40.2 Å². The topological polar surface area (TPSA) is 78.1 Å². The van der Waals surface area contributed by atoms with Crippen LogP contribution in [0.1, 0.15) is 16.4 Å². The Morgan fingerprint density at radius 1 is 1.15 bits per heavy atom. The highest BCUT2D eigenvalue weighted by Crippen LogP contribution is 2.28. The van der Waals surface area contributed by atoms with Gasteiger partial charge in [-0.05, 0) is 35.7 Å². The third-order valence-corrected chi connectivity index (χ3v) is 5.48. The molecule has 0 bridgehead atoms. The molecular formula is C17H10ClN3O3S2. The van der Waals surface area contributed by atoms with Crippen molar-refractivity contribution in [3.05, 3.63) is 63.8 Å². The minimum atomic E-state index is -0.532. The van der Waals surface area contributed by atoms with Gasteiger partial charge in [-0.25, -0.2) is 9.78 Å². The molecule has 0 aliphatic heterocycles. The molecule has 0 aliphatic rings. The first kappa shape index (κ1) is 16.9. The van der Waals surface area contributed by atoms with E-state index in [9.17, 15) is 4.79 Å². The second kappa shape index (κ2) is 7.36. The van der Waals surface area contributed by atoms with Crippen LogP contribution in [0.4, 0.5) is 0 Å². The van der Waals surface area contributed by atoms with Gasteiger partial charge in [0.25, 0.3) is 5.89 Å². The van der Waals surface area contributed by atoms with E-state index in [1.54, 1.807) is 41.0 Å². The van der Waals surface area contributed by atoms with Gasteiger partial charge in [0.15, 0.2) is 12.3 Å². The molecular weight excluding hydrogens is 394 g/mol. The first-order valence-electron chi connectivity index (χ1n) is 7.44. The molecule has 0 spiro atoms. The zero-order valence-electron chi connectivity index (χ0n) is 13.1. The Bertz CT molecular complexity index is 1030. The molecule has 3 aromatic heterocycles. The van der Waals surface area contributed by atoms with E-state index in [1.807, 2.05) is 17.5 Å². The quantitative estimate of drug-likeness (QED) is 0.439. The summed E-state index contributed by atoms with van der Waals surface area (Å²) in [4.78, 5) is 21.7. The Balaban J connectivity index is 1.40. The van der Waals surface area contributed by atoms with Gasteiger partial charge in [0.05, 0.1) is 4.88 Å². The van der Waals surface area contributed by atoms with Gasteiger partial charge < -0.3 is 9.26 Å². The van der Waals surface area contributed by atoms with Crippen LogP contribution in [0.15, 0.2) is 51.7 Å². The first-order valence-corrected chi connectivity index (χ1v) is 9.58. The maximum Gasteiger partial charge on any atom is 0.358 e. The fraction of sp³-hybridized carbons (Fsp3) is 0.0588. The van der Waals surface area contributed by atoms with Crippen LogP contribution < -0.4 is 0 Å². The number of esters is 1. The van der Waals surface area contributed by atoms with Gasteiger partial charge in [-0.1, -0.05) is 22.8 Å². The number of carbonyl (C=O) groups excluding carboxylic acids is 1. The summed E-state index contributed by atoms with van der Waals surface area (Å²) < 4.78 is 10.3. The Morgan fingerprint density at radius 3 is 2.77 bits per heavy atom. The Hall–Kier alpha value is -2.55. The number of ether oxygens (including phenoxy) is 1. The van der Waals surface area contributed by atoms with E-state index >= 15 is 0 Å². The number of benzene rings is 1. The second-order valence-electron chi connectivity index (χ2n) is 5.11. The van der Waals surface area contributed by atoms with Crippen molar-refractivity contribution in [3.8, 4) is 21.3 Å². The van der Waals surface area contributed by atoms with E-state index in [0.29, 0.717) is 10.8 Å². The molecule has 0 saturated carbocycles. The highest BCUT2D eigenvalue weighted by atomic mass is 35.5. The SMILES string of the molecule is O=C(OCc1nc(-c2ccc(Cl)cc2)no1)c1csc(-c2cccs2)n1. The van der Waals surface area contributed by atoms with E-state index in [1.165, 1.54) is 11.3 Å². The number of hydrogen-bond acceptors (Lipinski definition) is 8. The minimum absolute atomic E-state index is 0.120. The summed E-state index contributed by atoms with van der Waals surface area (Å²) in [5, 5.41) is 8.91. The molecule has 0 saturated heterocycles. The summed E-state index contributed by atoms with van der Waals surface area (Å²) in [7, 11) is 0. The predicted molar refractivity (Wildman–Crippen MR) is 99.3 cm³/mol. The normalized spacial score (nSPS) is 10.8. The standard InChI is InChI=1S/C17H10ClN3O3S2/c18-11-5-3-10(4-6-11)15-20-14(24-21-15)8-23-17(22)12-9-26-16(19-12)13-2-1-7-25-13/h1-7,9H,8H2. The number of rotatable bonds is 5. The number of halogens is 1. The van der Waals surface area contributed by atoms with E-state index < -0.39 is 5.97 Å². The summed E-state index contributed by atoms with van der Waals surface area (Å²) >= 11 is 8.82. The lowest BCUT2D eigenvalue weighted by atomic mass is 10.2. The molecule has 26 heavy (non-hydrogen) atoms. The number of hydrogen-bond donors (Lipinski definition) is 0. The number of thiazole rings is 1. The van der Waals surface area contributed by atoms with E-state index in [4.69, 9.17) is 20.9 Å². The second-order valence-corrected chi connectivity index (χ2v) is 7.35. The molecule has 0 amide bonds. The average Bonchev–Trinajstić information content (AvgIpc) is 3.41. The molecule has 4 rings (SSSR count). The van der Waals surface area contributed by atoms with Gasteiger partial charge in [0.1, 0.15) is 5.01 Å². The highest BCUT2D eigenvalue weighted by molar-refractivity contribution is 7.20. The molecule has 4 aromatic rings. The molecule has 3 heterocycles. The molecule has 130 valence electrons. The van der Waals surface area contributed by atoms with Crippen LogP contribution in [0.2, 0.25) is 5.02 Å². The summed E-state index contributed by atoms with van der Waals surface area (Å²) in [6.45, 7) is -0.120. The third-order valence-electron chi connectivity index (χ3n) is 3.34. The van der Waals surface area contributed by atoms with Gasteiger partial charge in [-0.2, -0.15) is 4.98 Å². The Labute approximate surface area is 161 Å². The molecule has 0 N–H and O–H groups in total. The number of nitrogens with zero attached hydrogens (tertiary/aromatic N) is 3. The van der Waals surface area contributed by atoms with Crippen LogP contribution in [-0.4, -0.2) is 21.1 Å². The zero-order valence-corrected chi connectivity index (χ0v) is 15.5. The molecule has 0 radical (unpaired) electrons. The van der Waals surface area contributed by atoms with Gasteiger partial charge >= 0.3 is 5.97 Å². The number of thiophene rings is 1. The van der Waals surface area contributed by atoms with Crippen molar-refractivity contribution in [3.63, 3.8) is 0 Å². The monoisotopic (exact) mass is 403 g/mol. The lowest BCUT2D eigenvalue weighted by Crippen LogP contribution is -2.05. The smallest absolute Gasteiger partial charge is 0.358 e. The summed E-state index contributed by atoms with van der Waals surface area (Å²) in [5.74, 6) is 0.0775. The first-order chi connectivity index (χ1) is 12.7. The average molecular weight is 404 g/mol. The maximum atomic E-state index is 12.1. The molecule has 1 aromatic carbocycles. The van der Waals surface area contributed by atoms with Crippen LogP contribution in [-0.2, 0) is 11.3 Å². The van der Waals surface area contributed by atoms with Gasteiger partial charge in [0.2, 0.25) is 5.82 Å². The lowest BCUT2D eigenvalue weighted by Gasteiger charge is -1.98. The van der Waals surface area contributed by atoms with Crippen LogP contribution in [0.5, 0.6) is 0 Å². The summed E-state index contributed by atoms with van der Waals surface area (Å²) in [6, 6.07) is 10.9. The van der Waals surface area contributed by atoms with E-state index in [2.05, 4.69) is 15.1 Å². The van der Waals surface area contributed by atoms with Crippen LogP contribution in [0, 0.1) is 0 Å².